The molecule has 0 heterocycles. The Bertz CT molecular complexity index is 149. The fraction of sp³-hybridized carbons (Fsp3) is 0.625. The molecule has 0 aromatic rings. The Morgan fingerprint density at radius 3 is 3.00 bits per heavy atom. The third kappa shape index (κ3) is 6.88. The molecule has 3 heteroatoms. The number of terminal acetylenes is 1. The predicted molar refractivity (Wildman–Crippen MR) is 43.0 cm³/mol. The first-order valence-corrected chi connectivity index (χ1v) is 3.50. The van der Waals surface area contributed by atoms with E-state index in [2.05, 4.69) is 11.2 Å². The zero-order chi connectivity index (χ0) is 8.53. The molecule has 0 atom stereocenters. The normalized spacial score (nSPS) is 8.73. The molecule has 0 saturated heterocycles. The smallest absolute Gasteiger partial charge is 0.220 e. The molecule has 0 fully saturated rings. The topological polar surface area (TPSA) is 38.3 Å². The third-order valence-corrected chi connectivity index (χ3v) is 1.14. The van der Waals surface area contributed by atoms with Gasteiger partial charge in [-0.25, -0.2) is 0 Å². The van der Waals surface area contributed by atoms with Crippen molar-refractivity contribution in [2.75, 3.05) is 20.3 Å². The lowest BCUT2D eigenvalue weighted by atomic mass is 10.3. The van der Waals surface area contributed by atoms with Gasteiger partial charge in [-0.3, -0.25) is 4.79 Å². The Kier molecular flexibility index (Phi) is 6.45. The van der Waals surface area contributed by atoms with Crippen LogP contribution in [-0.4, -0.2) is 26.2 Å². The second-order valence-corrected chi connectivity index (χ2v) is 2.08. The van der Waals surface area contributed by atoms with Crippen LogP contribution in [0.4, 0.5) is 0 Å². The Hall–Kier alpha value is -1.01. The quantitative estimate of drug-likeness (QED) is 0.454. The summed E-state index contributed by atoms with van der Waals surface area (Å²) in [5, 5.41) is 2.56. The van der Waals surface area contributed by atoms with E-state index in [4.69, 9.17) is 11.2 Å². The van der Waals surface area contributed by atoms with Gasteiger partial charge in [-0.05, 0) is 6.42 Å². The molecule has 0 aliphatic rings. The molecule has 1 amide bonds. The number of ether oxygens (including phenoxy) is 1. The molecule has 1 N–H and O–H groups in total. The molecule has 0 aromatic carbocycles. The number of nitrogens with one attached hydrogen (secondary N) is 1. The van der Waals surface area contributed by atoms with Crippen LogP contribution in [0.1, 0.15) is 12.8 Å². The van der Waals surface area contributed by atoms with Crippen LogP contribution < -0.4 is 5.32 Å². The molecule has 0 saturated carbocycles. The summed E-state index contributed by atoms with van der Waals surface area (Å²) in [4.78, 5) is 10.8. The molecule has 0 aliphatic heterocycles. The molecule has 0 aromatic heterocycles. The molecule has 11 heavy (non-hydrogen) atoms. The Morgan fingerprint density at radius 1 is 1.73 bits per heavy atom. The van der Waals surface area contributed by atoms with Gasteiger partial charge in [-0.1, -0.05) is 5.92 Å². The molecular weight excluding hydrogens is 142 g/mol. The van der Waals surface area contributed by atoms with Crippen LogP contribution in [0.5, 0.6) is 0 Å². The van der Waals surface area contributed by atoms with Gasteiger partial charge in [0.1, 0.15) is 0 Å². The van der Waals surface area contributed by atoms with Crippen molar-refractivity contribution in [2.24, 2.45) is 0 Å². The van der Waals surface area contributed by atoms with E-state index in [0.29, 0.717) is 19.6 Å². The first-order valence-electron chi connectivity index (χ1n) is 3.50. The van der Waals surface area contributed by atoms with Crippen LogP contribution in [0.15, 0.2) is 0 Å². The molecule has 0 unspecified atom stereocenters. The van der Waals surface area contributed by atoms with Gasteiger partial charge in [0.05, 0.1) is 6.54 Å². The molecule has 0 radical (unpaired) electrons. The summed E-state index contributed by atoms with van der Waals surface area (Å²) < 4.78 is 4.78. The van der Waals surface area contributed by atoms with E-state index >= 15 is 0 Å². The minimum Gasteiger partial charge on any atom is -0.385 e. The molecule has 62 valence electrons. The number of amides is 1. The van der Waals surface area contributed by atoms with E-state index < -0.39 is 0 Å². The Labute approximate surface area is 67.1 Å². The van der Waals surface area contributed by atoms with Gasteiger partial charge in [0.15, 0.2) is 0 Å². The van der Waals surface area contributed by atoms with Gasteiger partial charge in [-0.15, -0.1) is 6.42 Å². The largest absolute Gasteiger partial charge is 0.385 e. The van der Waals surface area contributed by atoms with Gasteiger partial charge in [-0.2, -0.15) is 0 Å². The number of hydrogen-bond donors (Lipinski definition) is 1. The lowest BCUT2D eigenvalue weighted by Crippen LogP contribution is -2.23. The van der Waals surface area contributed by atoms with Crippen molar-refractivity contribution in [1.29, 1.82) is 0 Å². The van der Waals surface area contributed by atoms with E-state index in [9.17, 15) is 4.79 Å². The summed E-state index contributed by atoms with van der Waals surface area (Å²) in [5.41, 5.74) is 0. The lowest BCUT2D eigenvalue weighted by molar-refractivity contribution is -0.121. The predicted octanol–water partition coefficient (Wildman–Crippen LogP) is 0.162. The Balaban J connectivity index is 3.17. The highest BCUT2D eigenvalue weighted by atomic mass is 16.5. The van der Waals surface area contributed by atoms with Gasteiger partial charge in [0, 0.05) is 20.1 Å². The highest BCUT2D eigenvalue weighted by molar-refractivity contribution is 5.76. The summed E-state index contributed by atoms with van der Waals surface area (Å²) >= 11 is 0. The summed E-state index contributed by atoms with van der Waals surface area (Å²) in [6.45, 7) is 0.926. The van der Waals surface area contributed by atoms with Crippen LogP contribution in [0.2, 0.25) is 0 Å². The van der Waals surface area contributed by atoms with E-state index in [1.165, 1.54) is 0 Å². The van der Waals surface area contributed by atoms with E-state index in [0.717, 1.165) is 6.42 Å². The van der Waals surface area contributed by atoms with Crippen molar-refractivity contribution < 1.29 is 9.53 Å². The summed E-state index contributed by atoms with van der Waals surface area (Å²) in [6, 6.07) is 0. The number of carbonyl (C=O) groups is 1. The second-order valence-electron chi connectivity index (χ2n) is 2.08. The first-order chi connectivity index (χ1) is 5.31. The number of rotatable bonds is 5. The maximum Gasteiger partial charge on any atom is 0.220 e. The lowest BCUT2D eigenvalue weighted by Gasteiger charge is -1.99. The number of hydrogen-bond acceptors (Lipinski definition) is 2. The van der Waals surface area contributed by atoms with Crippen molar-refractivity contribution >= 4 is 5.91 Å². The molecule has 0 bridgehead atoms. The monoisotopic (exact) mass is 155 g/mol. The van der Waals surface area contributed by atoms with Crippen LogP contribution in [0.3, 0.4) is 0 Å². The summed E-state index contributed by atoms with van der Waals surface area (Å²) in [7, 11) is 1.61. The molecule has 0 rings (SSSR count). The zero-order valence-electron chi connectivity index (χ0n) is 6.72. The van der Waals surface area contributed by atoms with Crippen molar-refractivity contribution in [3.63, 3.8) is 0 Å². The number of methoxy groups -OCH3 is 1. The maximum atomic E-state index is 10.8. The van der Waals surface area contributed by atoms with E-state index in [-0.39, 0.29) is 5.91 Å². The molecular formula is C8H13NO2. The highest BCUT2D eigenvalue weighted by Gasteiger charge is 1.97. The first kappa shape index (κ1) is 9.99. The van der Waals surface area contributed by atoms with Crippen molar-refractivity contribution in [1.82, 2.24) is 5.32 Å². The van der Waals surface area contributed by atoms with Crippen LogP contribution in [0, 0.1) is 12.3 Å². The fourth-order valence-electron chi connectivity index (χ4n) is 0.615. The summed E-state index contributed by atoms with van der Waals surface area (Å²) in [5.74, 6) is 2.31. The second kappa shape index (κ2) is 7.10. The number of carbonyl (C=O) groups excluding carboxylic acids is 1. The fourth-order valence-corrected chi connectivity index (χ4v) is 0.615. The van der Waals surface area contributed by atoms with Gasteiger partial charge < -0.3 is 10.1 Å². The van der Waals surface area contributed by atoms with Crippen LogP contribution in [0.25, 0.3) is 0 Å². The molecule has 3 nitrogen and oxygen atoms in total. The average Bonchev–Trinajstić information content (AvgIpc) is 2.01. The van der Waals surface area contributed by atoms with E-state index in [1.807, 2.05) is 0 Å². The van der Waals surface area contributed by atoms with Crippen molar-refractivity contribution in [3.8, 4) is 12.3 Å². The minimum atomic E-state index is -0.0139. The van der Waals surface area contributed by atoms with Crippen molar-refractivity contribution in [3.05, 3.63) is 0 Å². The van der Waals surface area contributed by atoms with Crippen LogP contribution in [-0.2, 0) is 9.53 Å². The standard InChI is InChI=1S/C8H13NO2/c1-3-6-9-8(10)5-4-7-11-2/h1H,4-7H2,2H3,(H,9,10). The third-order valence-electron chi connectivity index (χ3n) is 1.14. The average molecular weight is 155 g/mol. The maximum absolute atomic E-state index is 10.8. The van der Waals surface area contributed by atoms with Crippen LogP contribution >= 0.6 is 0 Å². The SMILES string of the molecule is C#CCNC(=O)CCCOC. The van der Waals surface area contributed by atoms with E-state index in [1.54, 1.807) is 7.11 Å². The molecule has 0 spiro atoms. The van der Waals surface area contributed by atoms with Gasteiger partial charge in [0.2, 0.25) is 5.91 Å². The van der Waals surface area contributed by atoms with Gasteiger partial charge in [0.25, 0.3) is 0 Å². The van der Waals surface area contributed by atoms with Crippen molar-refractivity contribution in [2.45, 2.75) is 12.8 Å². The molecule has 0 aliphatic carbocycles. The summed E-state index contributed by atoms with van der Waals surface area (Å²) in [6.07, 6.45) is 6.17. The highest BCUT2D eigenvalue weighted by Crippen LogP contribution is 1.87. The minimum absolute atomic E-state index is 0.0139. The van der Waals surface area contributed by atoms with Gasteiger partial charge >= 0.3 is 0 Å². The zero-order valence-corrected chi connectivity index (χ0v) is 6.72. The Morgan fingerprint density at radius 2 is 2.45 bits per heavy atom.